The molecule has 2 nitrogen and oxygen atoms in total. The molecule has 1 unspecified atom stereocenters. The van der Waals surface area contributed by atoms with Crippen molar-refractivity contribution in [3.05, 3.63) is 29.3 Å². The maximum absolute atomic E-state index is 13.4. The summed E-state index contributed by atoms with van der Waals surface area (Å²) in [6.45, 7) is 2.56. The van der Waals surface area contributed by atoms with E-state index in [0.29, 0.717) is 11.8 Å². The van der Waals surface area contributed by atoms with Gasteiger partial charge in [0.05, 0.1) is 11.6 Å². The van der Waals surface area contributed by atoms with Crippen LogP contribution in [-0.4, -0.2) is 18.1 Å². The predicted octanol–water partition coefficient (Wildman–Crippen LogP) is 3.39. The molecule has 1 atom stereocenters. The molecule has 0 aliphatic heterocycles. The summed E-state index contributed by atoms with van der Waals surface area (Å²) in [6, 6.07) is 3.77. The van der Waals surface area contributed by atoms with Crippen LogP contribution in [0.2, 0.25) is 0 Å². The molecule has 0 saturated carbocycles. The van der Waals surface area contributed by atoms with Crippen molar-refractivity contribution >= 4 is 17.4 Å². The molecule has 0 radical (unpaired) electrons. The molecule has 0 bridgehead atoms. The van der Waals surface area contributed by atoms with E-state index in [4.69, 9.17) is 5.26 Å². The minimum Gasteiger partial charge on any atom is -0.380 e. The Balaban J connectivity index is 2.69. The summed E-state index contributed by atoms with van der Waals surface area (Å²) in [4.78, 5) is 0. The van der Waals surface area contributed by atoms with Crippen molar-refractivity contribution in [2.24, 2.45) is 0 Å². The van der Waals surface area contributed by atoms with Crippen molar-refractivity contribution in [1.29, 1.82) is 5.26 Å². The Kier molecular flexibility index (Phi) is 5.23. The Morgan fingerprint density at radius 2 is 2.00 bits per heavy atom. The molecule has 0 amide bonds. The zero-order chi connectivity index (χ0) is 12.8. The molecule has 1 N–H and O–H groups in total. The fourth-order valence-corrected chi connectivity index (χ4v) is 1.68. The van der Waals surface area contributed by atoms with Gasteiger partial charge in [0.25, 0.3) is 0 Å². The highest BCUT2D eigenvalue weighted by Crippen LogP contribution is 2.21. The number of halogens is 2. The first kappa shape index (κ1) is 13.8. The molecule has 0 aliphatic rings. The van der Waals surface area contributed by atoms with Gasteiger partial charge in [0, 0.05) is 11.8 Å². The van der Waals surface area contributed by atoms with Gasteiger partial charge in [-0.25, -0.2) is 8.78 Å². The average molecular weight is 256 g/mol. The molecule has 17 heavy (non-hydrogen) atoms. The highest BCUT2D eigenvalue weighted by molar-refractivity contribution is 7.99. The number of benzene rings is 1. The van der Waals surface area contributed by atoms with Gasteiger partial charge in [-0.3, -0.25) is 0 Å². The van der Waals surface area contributed by atoms with Crippen molar-refractivity contribution in [3.8, 4) is 6.07 Å². The minimum atomic E-state index is -0.724. The van der Waals surface area contributed by atoms with E-state index in [9.17, 15) is 8.78 Å². The highest BCUT2D eigenvalue weighted by Gasteiger charge is 2.11. The molecule has 0 heterocycles. The average Bonchev–Trinajstić information content (AvgIpc) is 2.31. The largest absolute Gasteiger partial charge is 0.380 e. The molecule has 0 aromatic heterocycles. The maximum Gasteiger partial charge on any atom is 0.150 e. The van der Waals surface area contributed by atoms with Crippen LogP contribution in [0.5, 0.6) is 0 Å². The van der Waals surface area contributed by atoms with Crippen LogP contribution < -0.4 is 5.32 Å². The molecule has 1 aromatic carbocycles. The highest BCUT2D eigenvalue weighted by atomic mass is 32.2. The summed E-state index contributed by atoms with van der Waals surface area (Å²) >= 11 is 1.70. The van der Waals surface area contributed by atoms with Crippen LogP contribution in [0.3, 0.4) is 0 Å². The molecular weight excluding hydrogens is 242 g/mol. The third-order valence-electron chi connectivity index (χ3n) is 2.43. The minimum absolute atomic E-state index is 0.0111. The summed E-state index contributed by atoms with van der Waals surface area (Å²) in [5, 5.41) is 11.7. The second kappa shape index (κ2) is 6.45. The van der Waals surface area contributed by atoms with Crippen LogP contribution in [0, 0.1) is 23.0 Å². The van der Waals surface area contributed by atoms with E-state index in [-0.39, 0.29) is 11.3 Å². The quantitative estimate of drug-likeness (QED) is 0.877. The van der Waals surface area contributed by atoms with Crippen LogP contribution in [0.15, 0.2) is 12.1 Å². The maximum atomic E-state index is 13.4. The molecule has 0 aliphatic carbocycles. The number of hydrogen-bond acceptors (Lipinski definition) is 3. The molecule has 0 saturated heterocycles. The summed E-state index contributed by atoms with van der Waals surface area (Å²) < 4.78 is 26.9. The number of thioether (sulfide) groups is 1. The third kappa shape index (κ3) is 3.90. The topological polar surface area (TPSA) is 35.8 Å². The predicted molar refractivity (Wildman–Crippen MR) is 67.2 cm³/mol. The normalized spacial score (nSPS) is 11.9. The van der Waals surface area contributed by atoms with Gasteiger partial charge in [0.2, 0.25) is 0 Å². The van der Waals surface area contributed by atoms with E-state index in [1.165, 1.54) is 0 Å². The fourth-order valence-electron chi connectivity index (χ4n) is 1.32. The van der Waals surface area contributed by atoms with Crippen LogP contribution in [-0.2, 0) is 0 Å². The number of nitrogens with zero attached hydrogens (tertiary/aromatic N) is 1. The van der Waals surface area contributed by atoms with Crippen molar-refractivity contribution in [1.82, 2.24) is 0 Å². The zero-order valence-corrected chi connectivity index (χ0v) is 10.6. The summed E-state index contributed by atoms with van der Waals surface area (Å²) in [5.74, 6) is -1.45. The molecule has 1 aromatic rings. The third-order valence-corrected chi connectivity index (χ3v) is 3.47. The molecule has 92 valence electrons. The Morgan fingerprint density at radius 3 is 2.47 bits per heavy atom. The van der Waals surface area contributed by atoms with Crippen LogP contribution >= 0.6 is 11.8 Å². The van der Waals surface area contributed by atoms with E-state index < -0.39 is 11.6 Å². The SMILES string of the molecule is CSC(C)CCNc1c(F)cc(C#N)cc1F. The lowest BCUT2D eigenvalue weighted by atomic mass is 10.2. The number of anilines is 1. The van der Waals surface area contributed by atoms with E-state index in [1.807, 2.05) is 6.26 Å². The number of nitriles is 1. The lowest BCUT2D eigenvalue weighted by Gasteiger charge is -2.11. The number of rotatable bonds is 5. The fraction of sp³-hybridized carbons (Fsp3) is 0.417. The Labute approximate surface area is 104 Å². The van der Waals surface area contributed by atoms with Crippen LogP contribution in [0.1, 0.15) is 18.9 Å². The second-order valence-electron chi connectivity index (χ2n) is 3.69. The van der Waals surface area contributed by atoms with Gasteiger partial charge in [-0.05, 0) is 24.8 Å². The zero-order valence-electron chi connectivity index (χ0n) is 9.76. The van der Waals surface area contributed by atoms with Gasteiger partial charge in [0.15, 0.2) is 11.6 Å². The summed E-state index contributed by atoms with van der Waals surface area (Å²) in [6.07, 6.45) is 2.81. The monoisotopic (exact) mass is 256 g/mol. The van der Waals surface area contributed by atoms with Crippen molar-refractivity contribution < 1.29 is 8.78 Å². The van der Waals surface area contributed by atoms with Gasteiger partial charge in [-0.15, -0.1) is 0 Å². The van der Waals surface area contributed by atoms with Crippen molar-refractivity contribution in [2.45, 2.75) is 18.6 Å². The first-order valence-corrected chi connectivity index (χ1v) is 6.53. The van der Waals surface area contributed by atoms with Gasteiger partial charge in [-0.1, -0.05) is 6.92 Å². The Bertz CT molecular complexity index is 406. The summed E-state index contributed by atoms with van der Waals surface area (Å²) in [7, 11) is 0. The Morgan fingerprint density at radius 1 is 1.41 bits per heavy atom. The molecule has 1 rings (SSSR count). The van der Waals surface area contributed by atoms with Crippen molar-refractivity contribution in [3.63, 3.8) is 0 Å². The van der Waals surface area contributed by atoms with E-state index in [0.717, 1.165) is 18.6 Å². The van der Waals surface area contributed by atoms with Gasteiger partial charge < -0.3 is 5.32 Å². The van der Waals surface area contributed by atoms with Gasteiger partial charge >= 0.3 is 0 Å². The number of hydrogen-bond donors (Lipinski definition) is 1. The second-order valence-corrected chi connectivity index (χ2v) is 4.96. The lowest BCUT2D eigenvalue weighted by Crippen LogP contribution is -2.10. The van der Waals surface area contributed by atoms with E-state index >= 15 is 0 Å². The standard InChI is InChI=1S/C12H14F2N2S/c1-8(17-2)3-4-16-12-10(13)5-9(7-15)6-11(12)14/h5-6,8,16H,3-4H2,1-2H3. The lowest BCUT2D eigenvalue weighted by molar-refractivity contribution is 0.586. The summed E-state index contributed by atoms with van der Waals surface area (Å²) in [5.41, 5.74) is -0.166. The first-order chi connectivity index (χ1) is 8.08. The van der Waals surface area contributed by atoms with Gasteiger partial charge in [-0.2, -0.15) is 17.0 Å². The first-order valence-electron chi connectivity index (χ1n) is 5.24. The van der Waals surface area contributed by atoms with Gasteiger partial charge in [0.1, 0.15) is 5.69 Å². The smallest absolute Gasteiger partial charge is 0.150 e. The Hall–Kier alpha value is -1.28. The molecule has 5 heteroatoms. The van der Waals surface area contributed by atoms with Crippen molar-refractivity contribution in [2.75, 3.05) is 18.1 Å². The molecule has 0 fully saturated rings. The number of nitrogens with one attached hydrogen (secondary N) is 1. The van der Waals surface area contributed by atoms with E-state index in [2.05, 4.69) is 12.2 Å². The molecule has 0 spiro atoms. The van der Waals surface area contributed by atoms with Crippen LogP contribution in [0.4, 0.5) is 14.5 Å². The van der Waals surface area contributed by atoms with Crippen LogP contribution in [0.25, 0.3) is 0 Å². The molecular formula is C12H14F2N2S. The van der Waals surface area contributed by atoms with E-state index in [1.54, 1.807) is 17.8 Å².